The van der Waals surface area contributed by atoms with Crippen molar-refractivity contribution in [2.45, 2.75) is 63.1 Å². The number of nitrogens with one attached hydrogen (secondary N) is 2. The van der Waals surface area contributed by atoms with Gasteiger partial charge in [-0.15, -0.1) is 0 Å². The summed E-state index contributed by atoms with van der Waals surface area (Å²) in [5.74, 6) is 2.29. The maximum absolute atomic E-state index is 9.88. The van der Waals surface area contributed by atoms with Gasteiger partial charge in [-0.2, -0.15) is 4.98 Å². The van der Waals surface area contributed by atoms with Crippen LogP contribution in [0.15, 0.2) is 48.5 Å². The molecule has 9 nitrogen and oxygen atoms in total. The third-order valence-corrected chi connectivity index (χ3v) is 8.26. The monoisotopic (exact) mass is 530 g/mol. The van der Waals surface area contributed by atoms with E-state index in [0.29, 0.717) is 18.2 Å². The Hall–Kier alpha value is -3.34. The number of fused-ring (bicyclic) bond motifs is 1. The highest BCUT2D eigenvalue weighted by Gasteiger charge is 2.21. The second kappa shape index (κ2) is 11.2. The molecular formula is C28H34N8OS. The number of aliphatic hydroxyl groups is 1. The lowest BCUT2D eigenvalue weighted by atomic mass is 9.93. The van der Waals surface area contributed by atoms with Gasteiger partial charge in [-0.25, -0.2) is 15.0 Å². The molecule has 0 unspecified atom stereocenters. The molecule has 1 aliphatic heterocycles. The predicted octanol–water partition coefficient (Wildman–Crippen LogP) is 4.46. The van der Waals surface area contributed by atoms with Crippen LogP contribution in [0, 0.1) is 0 Å². The van der Waals surface area contributed by atoms with Gasteiger partial charge in [0.2, 0.25) is 5.95 Å². The molecular weight excluding hydrogens is 496 g/mol. The average Bonchev–Trinajstić information content (AvgIpc) is 3.32. The fourth-order valence-electron chi connectivity index (χ4n) is 5.20. The number of rotatable bonds is 7. The minimum Gasteiger partial charge on any atom is -0.393 e. The Labute approximate surface area is 226 Å². The summed E-state index contributed by atoms with van der Waals surface area (Å²) in [6.45, 7) is 1.87. The summed E-state index contributed by atoms with van der Waals surface area (Å²) in [5, 5.41) is 17.6. The van der Waals surface area contributed by atoms with Gasteiger partial charge in [-0.1, -0.05) is 41.7 Å². The summed E-state index contributed by atoms with van der Waals surface area (Å²) >= 11 is 1.53. The number of pyridine rings is 1. The normalized spacial score (nSPS) is 20.5. The molecule has 38 heavy (non-hydrogen) atoms. The smallest absolute Gasteiger partial charge is 0.225 e. The quantitative estimate of drug-likeness (QED) is 0.274. The van der Waals surface area contributed by atoms with E-state index in [1.54, 1.807) is 0 Å². The highest BCUT2D eigenvalue weighted by molar-refractivity contribution is 7.21. The number of aromatic nitrogens is 4. The van der Waals surface area contributed by atoms with Crippen LogP contribution in [0.25, 0.3) is 10.3 Å². The Morgan fingerprint density at radius 1 is 0.921 bits per heavy atom. The summed E-state index contributed by atoms with van der Waals surface area (Å²) in [7, 11) is 0. The SMILES string of the molecule is NC1CCN(c2ccc3nc(Nc4cc(Cc5ccccc5)nc(N[C@H]5CC[C@H](O)CC5)n4)sc3n2)CC1. The Morgan fingerprint density at radius 3 is 2.50 bits per heavy atom. The molecule has 0 bridgehead atoms. The van der Waals surface area contributed by atoms with Crippen LogP contribution in [-0.4, -0.2) is 56.3 Å². The largest absolute Gasteiger partial charge is 0.393 e. The zero-order valence-corrected chi connectivity index (χ0v) is 22.2. The zero-order chi connectivity index (χ0) is 25.9. The number of hydrogen-bond acceptors (Lipinski definition) is 10. The summed E-state index contributed by atoms with van der Waals surface area (Å²) in [6, 6.07) is 17.0. The summed E-state index contributed by atoms with van der Waals surface area (Å²) < 4.78 is 0. The van der Waals surface area contributed by atoms with Crippen LogP contribution in [0.4, 0.5) is 22.7 Å². The predicted molar refractivity (Wildman–Crippen MR) is 153 cm³/mol. The van der Waals surface area contributed by atoms with E-state index >= 15 is 0 Å². The van der Waals surface area contributed by atoms with Crippen LogP contribution in [0.5, 0.6) is 0 Å². The van der Waals surface area contributed by atoms with E-state index in [0.717, 1.165) is 78.6 Å². The summed E-state index contributed by atoms with van der Waals surface area (Å²) in [4.78, 5) is 22.5. The molecule has 4 heterocycles. The van der Waals surface area contributed by atoms with Gasteiger partial charge in [0.15, 0.2) is 5.13 Å². The Balaban J connectivity index is 1.23. The second-order valence-electron chi connectivity index (χ2n) is 10.3. The third-order valence-electron chi connectivity index (χ3n) is 7.38. The average molecular weight is 531 g/mol. The Bertz CT molecular complexity index is 1360. The van der Waals surface area contributed by atoms with E-state index in [4.69, 9.17) is 25.7 Å². The molecule has 3 aromatic heterocycles. The van der Waals surface area contributed by atoms with E-state index in [1.807, 2.05) is 30.3 Å². The molecule has 10 heteroatoms. The molecule has 2 fully saturated rings. The van der Waals surface area contributed by atoms with E-state index < -0.39 is 0 Å². The number of anilines is 4. The van der Waals surface area contributed by atoms with Crippen LogP contribution in [0.3, 0.4) is 0 Å². The fourth-order valence-corrected chi connectivity index (χ4v) is 6.04. The summed E-state index contributed by atoms with van der Waals surface area (Å²) in [6.07, 6.45) is 5.92. The minimum absolute atomic E-state index is 0.198. The molecule has 0 radical (unpaired) electrons. The van der Waals surface area contributed by atoms with Crippen LogP contribution < -0.4 is 21.3 Å². The van der Waals surface area contributed by atoms with Crippen molar-refractivity contribution in [3.05, 3.63) is 59.8 Å². The van der Waals surface area contributed by atoms with Crippen LogP contribution in [-0.2, 0) is 6.42 Å². The minimum atomic E-state index is -0.198. The number of nitrogens with two attached hydrogens (primary N) is 1. The van der Waals surface area contributed by atoms with E-state index in [1.165, 1.54) is 16.9 Å². The standard InChI is InChI=1S/C28H34N8OS/c29-19-12-14-36(15-13-19)25-11-10-23-26(35-25)38-28(32-23)34-24-17-21(16-18-4-2-1-3-5-18)31-27(33-24)30-20-6-8-22(37)9-7-20/h1-5,10-11,17,19-20,22,37H,6-9,12-16,29H2,(H2,30,31,32,33,34)/t20-,22-. The number of nitrogens with zero attached hydrogens (tertiary/aromatic N) is 5. The van der Waals surface area contributed by atoms with Gasteiger partial charge in [0.05, 0.1) is 11.8 Å². The first-order valence-electron chi connectivity index (χ1n) is 13.5. The Morgan fingerprint density at radius 2 is 1.71 bits per heavy atom. The molecule has 1 aromatic carbocycles. The van der Waals surface area contributed by atoms with Gasteiger partial charge in [0.1, 0.15) is 22.0 Å². The number of thiazole rings is 1. The van der Waals surface area contributed by atoms with Gasteiger partial charge < -0.3 is 26.4 Å². The van der Waals surface area contributed by atoms with Gasteiger partial charge in [-0.3, -0.25) is 0 Å². The van der Waals surface area contributed by atoms with Gasteiger partial charge in [0.25, 0.3) is 0 Å². The fraction of sp³-hybridized carbons (Fsp3) is 0.429. The van der Waals surface area contributed by atoms with Gasteiger partial charge >= 0.3 is 0 Å². The van der Waals surface area contributed by atoms with Crippen LogP contribution in [0.1, 0.15) is 49.8 Å². The molecule has 6 rings (SSSR count). The van der Waals surface area contributed by atoms with Crippen molar-refractivity contribution < 1.29 is 5.11 Å². The number of piperidine rings is 1. The van der Waals surface area contributed by atoms with Crippen molar-refractivity contribution in [3.63, 3.8) is 0 Å². The van der Waals surface area contributed by atoms with Crippen molar-refractivity contribution in [2.75, 3.05) is 28.6 Å². The molecule has 1 saturated carbocycles. The highest BCUT2D eigenvalue weighted by Crippen LogP contribution is 2.30. The Kier molecular flexibility index (Phi) is 7.35. The lowest BCUT2D eigenvalue weighted by Crippen LogP contribution is -2.40. The molecule has 4 aromatic rings. The first kappa shape index (κ1) is 25.0. The highest BCUT2D eigenvalue weighted by atomic mass is 32.1. The number of benzene rings is 1. The molecule has 198 valence electrons. The van der Waals surface area contributed by atoms with E-state index in [-0.39, 0.29) is 18.2 Å². The van der Waals surface area contributed by atoms with Crippen LogP contribution >= 0.6 is 11.3 Å². The molecule has 0 spiro atoms. The lowest BCUT2D eigenvalue weighted by Gasteiger charge is -2.30. The van der Waals surface area contributed by atoms with Crippen LogP contribution in [0.2, 0.25) is 0 Å². The third kappa shape index (κ3) is 6.03. The van der Waals surface area contributed by atoms with Gasteiger partial charge in [0, 0.05) is 37.7 Å². The number of hydrogen-bond donors (Lipinski definition) is 4. The number of aliphatic hydroxyl groups excluding tert-OH is 1. The van der Waals surface area contributed by atoms with Crippen molar-refractivity contribution >= 4 is 44.4 Å². The second-order valence-corrected chi connectivity index (χ2v) is 11.3. The molecule has 0 atom stereocenters. The zero-order valence-electron chi connectivity index (χ0n) is 21.4. The van der Waals surface area contributed by atoms with Crippen molar-refractivity contribution in [1.29, 1.82) is 0 Å². The maximum Gasteiger partial charge on any atom is 0.225 e. The molecule has 0 amide bonds. The van der Waals surface area contributed by atoms with Crippen molar-refractivity contribution in [1.82, 2.24) is 19.9 Å². The maximum atomic E-state index is 9.88. The summed E-state index contributed by atoms with van der Waals surface area (Å²) in [5.41, 5.74) is 9.07. The van der Waals surface area contributed by atoms with Crippen molar-refractivity contribution in [2.24, 2.45) is 5.73 Å². The van der Waals surface area contributed by atoms with E-state index in [9.17, 15) is 5.11 Å². The molecule has 1 aliphatic carbocycles. The first-order chi connectivity index (χ1) is 18.6. The molecule has 5 N–H and O–H groups in total. The van der Waals surface area contributed by atoms with Gasteiger partial charge in [-0.05, 0) is 56.2 Å². The first-order valence-corrected chi connectivity index (χ1v) is 14.3. The van der Waals surface area contributed by atoms with E-state index in [2.05, 4.69) is 33.7 Å². The lowest BCUT2D eigenvalue weighted by molar-refractivity contribution is 0.126. The molecule has 1 saturated heterocycles. The van der Waals surface area contributed by atoms with Crippen molar-refractivity contribution in [3.8, 4) is 0 Å². The topological polar surface area (TPSA) is 125 Å². The molecule has 2 aliphatic rings.